The summed E-state index contributed by atoms with van der Waals surface area (Å²) in [5.74, 6) is 0. The second kappa shape index (κ2) is 4.83. The Morgan fingerprint density at radius 3 is 2.29 bits per heavy atom. The fourth-order valence-electron chi connectivity index (χ4n) is 2.41. The van der Waals surface area contributed by atoms with Gasteiger partial charge in [0.05, 0.1) is 0 Å². The Bertz CT molecular complexity index is 202. The minimum absolute atomic E-state index is 1.14. The highest BCUT2D eigenvalue weighted by molar-refractivity contribution is 5.06. The van der Waals surface area contributed by atoms with Crippen molar-refractivity contribution in [3.8, 4) is 0 Å². The van der Waals surface area contributed by atoms with Crippen molar-refractivity contribution in [2.75, 3.05) is 33.2 Å². The van der Waals surface area contributed by atoms with E-state index in [1.807, 2.05) is 0 Å². The van der Waals surface area contributed by atoms with Crippen LogP contribution in [0, 0.1) is 0 Å². The topological polar surface area (TPSA) is 6.48 Å². The van der Waals surface area contributed by atoms with Gasteiger partial charge in [-0.1, -0.05) is 18.9 Å². The largest absolute Gasteiger partial charge is 0.375 e. The molecule has 0 atom stereocenters. The smallest absolute Gasteiger partial charge is 0.0180 e. The third-order valence-electron chi connectivity index (χ3n) is 3.40. The fourth-order valence-corrected chi connectivity index (χ4v) is 2.41. The zero-order valence-corrected chi connectivity index (χ0v) is 9.34. The summed E-state index contributed by atoms with van der Waals surface area (Å²) in [5, 5.41) is 0. The molecule has 2 heterocycles. The molecule has 2 aliphatic rings. The molecule has 0 aromatic carbocycles. The highest BCUT2D eigenvalue weighted by atomic mass is 15.2. The predicted molar refractivity (Wildman–Crippen MR) is 60.2 cm³/mol. The van der Waals surface area contributed by atoms with E-state index in [0.29, 0.717) is 0 Å². The van der Waals surface area contributed by atoms with E-state index in [2.05, 4.69) is 22.9 Å². The zero-order valence-electron chi connectivity index (χ0n) is 9.34. The lowest BCUT2D eigenvalue weighted by Crippen LogP contribution is -2.32. The second-order valence-electron chi connectivity index (χ2n) is 4.61. The van der Waals surface area contributed by atoms with Crippen LogP contribution in [0.4, 0.5) is 0 Å². The lowest BCUT2D eigenvalue weighted by atomic mass is 10.2. The van der Waals surface area contributed by atoms with Crippen molar-refractivity contribution in [3.63, 3.8) is 0 Å². The summed E-state index contributed by atoms with van der Waals surface area (Å²) in [6, 6.07) is 0. The molecule has 0 saturated carbocycles. The number of nitrogens with zero attached hydrogens (tertiary/aromatic N) is 2. The third kappa shape index (κ3) is 2.50. The molecule has 0 unspecified atom stereocenters. The van der Waals surface area contributed by atoms with Crippen LogP contribution in [-0.4, -0.2) is 43.0 Å². The van der Waals surface area contributed by atoms with Gasteiger partial charge >= 0.3 is 0 Å². The maximum absolute atomic E-state index is 2.62. The van der Waals surface area contributed by atoms with E-state index in [1.54, 1.807) is 5.70 Å². The molecule has 0 radical (unpaired) electrons. The zero-order chi connectivity index (χ0) is 9.80. The molecule has 0 N–H and O–H groups in total. The van der Waals surface area contributed by atoms with Gasteiger partial charge in [0.15, 0.2) is 0 Å². The van der Waals surface area contributed by atoms with Crippen molar-refractivity contribution in [2.45, 2.75) is 32.1 Å². The molecule has 80 valence electrons. The number of hydrogen-bond donors (Lipinski definition) is 0. The highest BCUT2D eigenvalue weighted by Gasteiger charge is 2.15. The van der Waals surface area contributed by atoms with Gasteiger partial charge in [0, 0.05) is 31.9 Å². The van der Waals surface area contributed by atoms with E-state index in [9.17, 15) is 0 Å². The molecule has 0 spiro atoms. The number of hydrogen-bond acceptors (Lipinski definition) is 2. The van der Waals surface area contributed by atoms with Crippen molar-refractivity contribution in [1.82, 2.24) is 9.80 Å². The fraction of sp³-hybridized carbons (Fsp3) is 0.833. The first-order valence-electron chi connectivity index (χ1n) is 5.99. The number of likely N-dealkylation sites (N-methyl/N-ethyl adjacent to an activating group) is 1. The summed E-state index contributed by atoms with van der Waals surface area (Å²) < 4.78 is 0. The molecule has 2 heteroatoms. The van der Waals surface area contributed by atoms with Crippen LogP contribution >= 0.6 is 0 Å². The van der Waals surface area contributed by atoms with E-state index in [1.165, 1.54) is 51.7 Å². The molecule has 0 aromatic heterocycles. The molecule has 2 nitrogen and oxygen atoms in total. The van der Waals surface area contributed by atoms with Crippen LogP contribution in [-0.2, 0) is 0 Å². The Labute approximate surface area is 87.6 Å². The van der Waals surface area contributed by atoms with Crippen LogP contribution in [0.3, 0.4) is 0 Å². The van der Waals surface area contributed by atoms with Gasteiger partial charge in [-0.25, -0.2) is 0 Å². The number of likely N-dealkylation sites (tertiary alicyclic amines) is 1. The molecule has 2 aliphatic heterocycles. The molecule has 0 bridgehead atoms. The van der Waals surface area contributed by atoms with Gasteiger partial charge in [-0.15, -0.1) is 0 Å². The maximum Gasteiger partial charge on any atom is 0.0180 e. The predicted octanol–water partition coefficient (Wildman–Crippen LogP) is 2.08. The quantitative estimate of drug-likeness (QED) is 0.630. The molecule has 1 saturated heterocycles. The van der Waals surface area contributed by atoms with Gasteiger partial charge in [0.25, 0.3) is 0 Å². The Morgan fingerprint density at radius 1 is 1.00 bits per heavy atom. The molecule has 0 amide bonds. The van der Waals surface area contributed by atoms with Gasteiger partial charge < -0.3 is 9.80 Å². The van der Waals surface area contributed by atoms with E-state index >= 15 is 0 Å². The minimum Gasteiger partial charge on any atom is -0.375 e. The van der Waals surface area contributed by atoms with Crippen LogP contribution in [0.25, 0.3) is 0 Å². The minimum atomic E-state index is 1.14. The SMILES string of the molecule is CN1CC=C(N2CCCCCC2)CC1. The molecule has 1 fully saturated rings. The lowest BCUT2D eigenvalue weighted by molar-refractivity contribution is 0.289. The van der Waals surface area contributed by atoms with E-state index in [0.717, 1.165) is 6.54 Å². The summed E-state index contributed by atoms with van der Waals surface area (Å²) >= 11 is 0. The van der Waals surface area contributed by atoms with Gasteiger partial charge in [-0.2, -0.15) is 0 Å². The Balaban J connectivity index is 1.92. The molecular weight excluding hydrogens is 172 g/mol. The molecular formula is C12H22N2. The molecule has 2 rings (SSSR count). The first kappa shape index (κ1) is 10.0. The second-order valence-corrected chi connectivity index (χ2v) is 4.61. The van der Waals surface area contributed by atoms with Crippen LogP contribution < -0.4 is 0 Å². The summed E-state index contributed by atoms with van der Waals surface area (Å²) in [6.45, 7) is 4.99. The van der Waals surface area contributed by atoms with Crippen LogP contribution in [0.2, 0.25) is 0 Å². The van der Waals surface area contributed by atoms with Crippen molar-refractivity contribution < 1.29 is 0 Å². The standard InChI is InChI=1S/C12H22N2/c1-13-10-6-12(7-11-13)14-8-4-2-3-5-9-14/h6H,2-5,7-11H2,1H3. The van der Waals surface area contributed by atoms with Gasteiger partial charge in [0.1, 0.15) is 0 Å². The van der Waals surface area contributed by atoms with E-state index in [4.69, 9.17) is 0 Å². The monoisotopic (exact) mass is 194 g/mol. The Kier molecular flexibility index (Phi) is 3.46. The average Bonchev–Trinajstić information content (AvgIpc) is 2.47. The molecule has 0 aromatic rings. The van der Waals surface area contributed by atoms with Crippen molar-refractivity contribution >= 4 is 0 Å². The Morgan fingerprint density at radius 2 is 1.71 bits per heavy atom. The van der Waals surface area contributed by atoms with Gasteiger partial charge in [0.2, 0.25) is 0 Å². The lowest BCUT2D eigenvalue weighted by Gasteiger charge is -2.31. The highest BCUT2D eigenvalue weighted by Crippen LogP contribution is 2.19. The van der Waals surface area contributed by atoms with Gasteiger partial charge in [-0.05, 0) is 26.3 Å². The first-order valence-corrected chi connectivity index (χ1v) is 5.99. The van der Waals surface area contributed by atoms with Crippen molar-refractivity contribution in [1.29, 1.82) is 0 Å². The maximum atomic E-state index is 2.62. The third-order valence-corrected chi connectivity index (χ3v) is 3.40. The van der Waals surface area contributed by atoms with Crippen molar-refractivity contribution in [3.05, 3.63) is 11.8 Å². The summed E-state index contributed by atoms with van der Waals surface area (Å²) in [6.07, 6.45) is 9.35. The van der Waals surface area contributed by atoms with Crippen LogP contribution in [0.15, 0.2) is 11.8 Å². The Hall–Kier alpha value is -0.500. The normalized spacial score (nSPS) is 25.8. The van der Waals surface area contributed by atoms with Crippen LogP contribution in [0.5, 0.6) is 0 Å². The summed E-state index contributed by atoms with van der Waals surface area (Å²) in [4.78, 5) is 5.02. The molecule has 0 aliphatic carbocycles. The molecule has 14 heavy (non-hydrogen) atoms. The average molecular weight is 194 g/mol. The van der Waals surface area contributed by atoms with Crippen molar-refractivity contribution in [2.24, 2.45) is 0 Å². The number of rotatable bonds is 1. The summed E-state index contributed by atoms with van der Waals surface area (Å²) in [5.41, 5.74) is 1.62. The first-order chi connectivity index (χ1) is 6.86. The van der Waals surface area contributed by atoms with E-state index < -0.39 is 0 Å². The van der Waals surface area contributed by atoms with E-state index in [-0.39, 0.29) is 0 Å². The van der Waals surface area contributed by atoms with Gasteiger partial charge in [-0.3, -0.25) is 0 Å². The van der Waals surface area contributed by atoms with Crippen LogP contribution in [0.1, 0.15) is 32.1 Å². The summed E-state index contributed by atoms with van der Waals surface area (Å²) in [7, 11) is 2.20.